The third-order valence-electron chi connectivity index (χ3n) is 1.78. The lowest BCUT2D eigenvalue weighted by Gasteiger charge is -2.09. The number of rotatable bonds is 5. The van der Waals surface area contributed by atoms with Crippen LogP contribution in [0.1, 0.15) is 17.3 Å². The molecular formula is C9H13N3O4S. The minimum atomic E-state index is -3.72. The third-order valence-corrected chi connectivity index (χ3v) is 2.91. The molecule has 0 radical (unpaired) electrons. The molecule has 0 atom stereocenters. The fourth-order valence-corrected chi connectivity index (χ4v) is 1.98. The standard InChI is InChI=1S/C9H13N3O4S/c1-3-11-17(14,15)12-8-7(9(13)16-2)5-4-6-10-8/h4-6,11H,3H2,1-2H3,(H,10,12). The van der Waals surface area contributed by atoms with E-state index in [0.717, 1.165) is 0 Å². The summed E-state index contributed by atoms with van der Waals surface area (Å²) in [5, 5.41) is 0. The topological polar surface area (TPSA) is 97.4 Å². The van der Waals surface area contributed by atoms with E-state index in [4.69, 9.17) is 0 Å². The summed E-state index contributed by atoms with van der Waals surface area (Å²) in [6.45, 7) is 1.87. The van der Waals surface area contributed by atoms with Gasteiger partial charge in [-0.05, 0) is 12.1 Å². The molecule has 0 unspecified atom stereocenters. The number of aromatic nitrogens is 1. The van der Waals surface area contributed by atoms with Crippen molar-refractivity contribution in [3.05, 3.63) is 23.9 Å². The molecular weight excluding hydrogens is 246 g/mol. The van der Waals surface area contributed by atoms with Crippen LogP contribution in [0.15, 0.2) is 18.3 Å². The van der Waals surface area contributed by atoms with Gasteiger partial charge in [-0.15, -0.1) is 0 Å². The smallest absolute Gasteiger partial charge is 0.341 e. The largest absolute Gasteiger partial charge is 0.465 e. The molecule has 0 saturated heterocycles. The van der Waals surface area contributed by atoms with Gasteiger partial charge in [0.25, 0.3) is 10.2 Å². The van der Waals surface area contributed by atoms with Gasteiger partial charge in [-0.1, -0.05) is 6.92 Å². The highest BCUT2D eigenvalue weighted by atomic mass is 32.2. The number of ether oxygens (including phenoxy) is 1. The van der Waals surface area contributed by atoms with E-state index < -0.39 is 16.2 Å². The van der Waals surface area contributed by atoms with Crippen molar-refractivity contribution in [3.63, 3.8) is 0 Å². The zero-order chi connectivity index (χ0) is 12.9. The summed E-state index contributed by atoms with van der Waals surface area (Å²) in [5.74, 6) is -0.729. The Morgan fingerprint density at radius 1 is 1.53 bits per heavy atom. The number of nitrogens with one attached hydrogen (secondary N) is 2. The van der Waals surface area contributed by atoms with Gasteiger partial charge in [0.05, 0.1) is 7.11 Å². The SMILES string of the molecule is CCNS(=O)(=O)Nc1ncccc1C(=O)OC. The first-order valence-corrected chi connectivity index (χ1v) is 6.29. The first-order chi connectivity index (χ1) is 8.00. The molecule has 1 aromatic heterocycles. The predicted molar refractivity (Wildman–Crippen MR) is 61.8 cm³/mol. The molecule has 0 aliphatic rings. The maximum absolute atomic E-state index is 11.4. The molecule has 1 aromatic rings. The fourth-order valence-electron chi connectivity index (χ4n) is 1.11. The Bertz CT molecular complexity index is 501. The van der Waals surface area contributed by atoms with Crippen LogP contribution in [-0.2, 0) is 14.9 Å². The summed E-state index contributed by atoms with van der Waals surface area (Å²) in [4.78, 5) is 15.1. The Labute approximate surface area is 99.4 Å². The summed E-state index contributed by atoms with van der Waals surface area (Å²) >= 11 is 0. The average Bonchev–Trinajstić information content (AvgIpc) is 2.28. The van der Waals surface area contributed by atoms with Crippen molar-refractivity contribution in [2.45, 2.75) is 6.92 Å². The highest BCUT2D eigenvalue weighted by molar-refractivity contribution is 7.90. The number of esters is 1. The molecule has 17 heavy (non-hydrogen) atoms. The minimum Gasteiger partial charge on any atom is -0.465 e. The fraction of sp³-hybridized carbons (Fsp3) is 0.333. The number of methoxy groups -OCH3 is 1. The second-order valence-corrected chi connectivity index (χ2v) is 4.49. The summed E-state index contributed by atoms with van der Waals surface area (Å²) in [5.41, 5.74) is 0.0523. The number of anilines is 1. The number of carbonyl (C=O) groups is 1. The van der Waals surface area contributed by atoms with Crippen molar-refractivity contribution in [1.82, 2.24) is 9.71 Å². The first-order valence-electron chi connectivity index (χ1n) is 4.81. The van der Waals surface area contributed by atoms with E-state index in [1.165, 1.54) is 25.4 Å². The number of pyridine rings is 1. The van der Waals surface area contributed by atoms with E-state index in [9.17, 15) is 13.2 Å². The zero-order valence-electron chi connectivity index (χ0n) is 9.43. The van der Waals surface area contributed by atoms with Gasteiger partial charge in [0.2, 0.25) is 0 Å². The summed E-state index contributed by atoms with van der Waals surface area (Å²) in [7, 11) is -2.51. The van der Waals surface area contributed by atoms with Crippen molar-refractivity contribution >= 4 is 22.0 Å². The Hall–Kier alpha value is -1.67. The molecule has 0 fully saturated rings. The van der Waals surface area contributed by atoms with Crippen molar-refractivity contribution < 1.29 is 17.9 Å². The van der Waals surface area contributed by atoms with E-state index in [-0.39, 0.29) is 17.9 Å². The van der Waals surface area contributed by atoms with Crippen molar-refractivity contribution in [1.29, 1.82) is 0 Å². The van der Waals surface area contributed by atoms with Gasteiger partial charge in [0, 0.05) is 12.7 Å². The lowest BCUT2D eigenvalue weighted by molar-refractivity contribution is 0.0601. The second kappa shape index (κ2) is 5.60. The molecule has 0 amide bonds. The van der Waals surface area contributed by atoms with Crippen LogP contribution in [0.3, 0.4) is 0 Å². The maximum atomic E-state index is 11.4. The summed E-state index contributed by atoms with van der Waals surface area (Å²) < 4.78 is 31.8. The minimum absolute atomic E-state index is 0.0523. The number of hydrogen-bond donors (Lipinski definition) is 2. The van der Waals surface area contributed by atoms with Gasteiger partial charge in [0.15, 0.2) is 5.82 Å². The quantitative estimate of drug-likeness (QED) is 0.733. The van der Waals surface area contributed by atoms with Crippen LogP contribution in [-0.4, -0.2) is 33.0 Å². The molecule has 0 aromatic carbocycles. The molecule has 0 aliphatic heterocycles. The van der Waals surface area contributed by atoms with Crippen LogP contribution in [0.25, 0.3) is 0 Å². The highest BCUT2D eigenvalue weighted by Gasteiger charge is 2.17. The second-order valence-electron chi connectivity index (χ2n) is 2.99. The number of carbonyl (C=O) groups excluding carboxylic acids is 1. The molecule has 0 spiro atoms. The van der Waals surface area contributed by atoms with E-state index in [1.807, 2.05) is 0 Å². The molecule has 1 heterocycles. The Morgan fingerprint density at radius 3 is 2.82 bits per heavy atom. The van der Waals surface area contributed by atoms with Gasteiger partial charge in [0.1, 0.15) is 5.56 Å². The van der Waals surface area contributed by atoms with Gasteiger partial charge in [-0.25, -0.2) is 9.78 Å². The van der Waals surface area contributed by atoms with Crippen LogP contribution < -0.4 is 9.44 Å². The van der Waals surface area contributed by atoms with Crippen LogP contribution in [0.4, 0.5) is 5.82 Å². The molecule has 0 saturated carbocycles. The molecule has 94 valence electrons. The Balaban J connectivity index is 3.03. The maximum Gasteiger partial charge on any atom is 0.341 e. The van der Waals surface area contributed by atoms with Crippen molar-refractivity contribution in [2.75, 3.05) is 18.4 Å². The normalized spacial score (nSPS) is 10.9. The van der Waals surface area contributed by atoms with Crippen LogP contribution in [0.5, 0.6) is 0 Å². The van der Waals surface area contributed by atoms with Crippen LogP contribution in [0, 0.1) is 0 Å². The predicted octanol–water partition coefficient (Wildman–Crippen LogP) is 0.134. The summed E-state index contributed by atoms with van der Waals surface area (Å²) in [6.07, 6.45) is 1.37. The number of nitrogens with zero attached hydrogens (tertiary/aromatic N) is 1. The zero-order valence-corrected chi connectivity index (χ0v) is 10.2. The van der Waals surface area contributed by atoms with E-state index in [2.05, 4.69) is 19.2 Å². The Morgan fingerprint density at radius 2 is 2.24 bits per heavy atom. The Kier molecular flexibility index (Phi) is 4.41. The van der Waals surface area contributed by atoms with E-state index >= 15 is 0 Å². The monoisotopic (exact) mass is 259 g/mol. The highest BCUT2D eigenvalue weighted by Crippen LogP contribution is 2.13. The average molecular weight is 259 g/mol. The van der Waals surface area contributed by atoms with Gasteiger partial charge >= 0.3 is 5.97 Å². The molecule has 1 rings (SSSR count). The summed E-state index contributed by atoms with van der Waals surface area (Å²) in [6, 6.07) is 2.93. The third kappa shape index (κ3) is 3.68. The van der Waals surface area contributed by atoms with Gasteiger partial charge in [-0.2, -0.15) is 13.1 Å². The molecule has 0 bridgehead atoms. The van der Waals surface area contributed by atoms with E-state index in [1.54, 1.807) is 6.92 Å². The van der Waals surface area contributed by atoms with Crippen molar-refractivity contribution in [3.8, 4) is 0 Å². The lowest BCUT2D eigenvalue weighted by atomic mass is 10.2. The van der Waals surface area contributed by atoms with Gasteiger partial charge in [-0.3, -0.25) is 4.72 Å². The molecule has 7 nitrogen and oxygen atoms in total. The van der Waals surface area contributed by atoms with Gasteiger partial charge < -0.3 is 4.74 Å². The van der Waals surface area contributed by atoms with Crippen molar-refractivity contribution in [2.24, 2.45) is 0 Å². The van der Waals surface area contributed by atoms with Crippen LogP contribution in [0.2, 0.25) is 0 Å². The first kappa shape index (κ1) is 13.4. The van der Waals surface area contributed by atoms with Crippen LogP contribution >= 0.6 is 0 Å². The molecule has 2 N–H and O–H groups in total. The molecule has 0 aliphatic carbocycles. The van der Waals surface area contributed by atoms with E-state index in [0.29, 0.717) is 0 Å². The lowest BCUT2D eigenvalue weighted by Crippen LogP contribution is -2.30. The molecule has 8 heteroatoms. The number of hydrogen-bond acceptors (Lipinski definition) is 5.